The maximum Gasteiger partial charge on any atom is 0.224 e. The number of carbonyl (C=O) groups is 1. The topological polar surface area (TPSA) is 103 Å². The smallest absolute Gasteiger partial charge is 0.224 e. The van der Waals surface area contributed by atoms with Crippen molar-refractivity contribution in [3.05, 3.63) is 71.9 Å². The zero-order valence-electron chi connectivity index (χ0n) is 18.9. The fraction of sp³-hybridized carbons (Fsp3) is 0.250. The van der Waals surface area contributed by atoms with Crippen LogP contribution in [0.15, 0.2) is 55.0 Å². The van der Waals surface area contributed by atoms with Gasteiger partial charge in [0, 0.05) is 13.1 Å². The van der Waals surface area contributed by atoms with E-state index in [4.69, 9.17) is 9.47 Å². The van der Waals surface area contributed by atoms with Crippen LogP contribution in [0.2, 0.25) is 0 Å². The summed E-state index contributed by atoms with van der Waals surface area (Å²) in [6.07, 6.45) is 3.37. The number of nitrogens with zero attached hydrogens (tertiary/aromatic N) is 4. The number of hydrogen-bond donors (Lipinski definition) is 2. The molecule has 4 aromatic rings. The number of benzene rings is 2. The Morgan fingerprint density at radius 2 is 1.79 bits per heavy atom. The van der Waals surface area contributed by atoms with Crippen LogP contribution < -0.4 is 20.1 Å². The average Bonchev–Trinajstić information content (AvgIpc) is 3.27. The minimum Gasteiger partial charge on any atom is -0.493 e. The molecule has 0 aliphatic heterocycles. The van der Waals surface area contributed by atoms with Crippen molar-refractivity contribution in [2.45, 2.75) is 19.5 Å². The van der Waals surface area contributed by atoms with E-state index in [1.807, 2.05) is 6.07 Å². The Morgan fingerprint density at radius 1 is 1.03 bits per heavy atom. The number of aromatic nitrogens is 4. The van der Waals surface area contributed by atoms with Gasteiger partial charge in [-0.2, -0.15) is 5.10 Å². The molecule has 0 radical (unpaired) electrons. The lowest BCUT2D eigenvalue weighted by Crippen LogP contribution is -2.28. The van der Waals surface area contributed by atoms with Gasteiger partial charge in [-0.3, -0.25) is 4.79 Å². The lowest BCUT2D eigenvalue weighted by atomic mass is 10.1. The normalized spacial score (nSPS) is 10.8. The monoisotopic (exact) mass is 464 g/mol. The molecule has 10 heteroatoms. The minimum atomic E-state index is -0.273. The summed E-state index contributed by atoms with van der Waals surface area (Å²) in [7, 11) is 3.13. The van der Waals surface area contributed by atoms with Crippen molar-refractivity contribution in [1.29, 1.82) is 0 Å². The first kappa shape index (κ1) is 23.0. The second-order valence-electron chi connectivity index (χ2n) is 7.52. The van der Waals surface area contributed by atoms with E-state index in [9.17, 15) is 9.18 Å². The van der Waals surface area contributed by atoms with Crippen molar-refractivity contribution in [1.82, 2.24) is 25.1 Å². The molecule has 34 heavy (non-hydrogen) atoms. The fourth-order valence-corrected chi connectivity index (χ4v) is 3.53. The van der Waals surface area contributed by atoms with Crippen molar-refractivity contribution in [2.24, 2.45) is 0 Å². The van der Waals surface area contributed by atoms with Gasteiger partial charge in [-0.25, -0.2) is 19.0 Å². The summed E-state index contributed by atoms with van der Waals surface area (Å²) >= 11 is 0. The van der Waals surface area contributed by atoms with E-state index in [0.29, 0.717) is 42.6 Å². The first-order valence-electron chi connectivity index (χ1n) is 10.7. The molecule has 1 amide bonds. The van der Waals surface area contributed by atoms with Crippen LogP contribution in [0.1, 0.15) is 11.1 Å². The molecule has 0 saturated carbocycles. The molecule has 0 aliphatic carbocycles. The molecule has 0 atom stereocenters. The Bertz CT molecular complexity index is 1280. The Morgan fingerprint density at radius 3 is 2.56 bits per heavy atom. The first-order chi connectivity index (χ1) is 16.6. The molecule has 2 aromatic heterocycles. The zero-order valence-corrected chi connectivity index (χ0v) is 18.9. The van der Waals surface area contributed by atoms with Gasteiger partial charge in [0.15, 0.2) is 17.1 Å². The van der Waals surface area contributed by atoms with Crippen molar-refractivity contribution in [2.75, 3.05) is 26.1 Å². The maximum atomic E-state index is 13.1. The molecule has 2 heterocycles. The highest BCUT2D eigenvalue weighted by Crippen LogP contribution is 2.27. The zero-order chi connectivity index (χ0) is 23.9. The van der Waals surface area contributed by atoms with Crippen LogP contribution in [0.4, 0.5) is 10.2 Å². The number of anilines is 1. The lowest BCUT2D eigenvalue weighted by Gasteiger charge is -2.10. The van der Waals surface area contributed by atoms with Crippen molar-refractivity contribution in [3.8, 4) is 11.5 Å². The van der Waals surface area contributed by atoms with Crippen LogP contribution in [0.3, 0.4) is 0 Å². The van der Waals surface area contributed by atoms with Crippen molar-refractivity contribution >= 4 is 22.8 Å². The number of methoxy groups -OCH3 is 2. The second-order valence-corrected chi connectivity index (χ2v) is 7.52. The maximum absolute atomic E-state index is 13.1. The fourth-order valence-electron chi connectivity index (χ4n) is 3.53. The number of fused-ring (bicyclic) bond motifs is 1. The molecule has 0 saturated heterocycles. The minimum absolute atomic E-state index is 0.111. The van der Waals surface area contributed by atoms with Crippen LogP contribution in [-0.2, 0) is 24.3 Å². The molecule has 0 fully saturated rings. The lowest BCUT2D eigenvalue weighted by molar-refractivity contribution is -0.120. The van der Waals surface area contributed by atoms with Crippen LogP contribution in [0, 0.1) is 5.82 Å². The van der Waals surface area contributed by atoms with Crippen molar-refractivity contribution < 1.29 is 18.7 Å². The summed E-state index contributed by atoms with van der Waals surface area (Å²) < 4.78 is 25.3. The van der Waals surface area contributed by atoms with Gasteiger partial charge in [0.2, 0.25) is 5.91 Å². The number of carbonyl (C=O) groups excluding carboxylic acids is 1. The van der Waals surface area contributed by atoms with E-state index in [0.717, 1.165) is 16.5 Å². The van der Waals surface area contributed by atoms with Gasteiger partial charge in [-0.05, 0) is 35.4 Å². The van der Waals surface area contributed by atoms with Gasteiger partial charge < -0.3 is 20.1 Å². The summed E-state index contributed by atoms with van der Waals surface area (Å²) in [4.78, 5) is 21.0. The van der Waals surface area contributed by atoms with Crippen molar-refractivity contribution in [3.63, 3.8) is 0 Å². The van der Waals surface area contributed by atoms with Gasteiger partial charge in [0.1, 0.15) is 18.0 Å². The Hall–Kier alpha value is -4.21. The quantitative estimate of drug-likeness (QED) is 0.372. The average molecular weight is 465 g/mol. The third-order valence-electron chi connectivity index (χ3n) is 5.27. The summed E-state index contributed by atoms with van der Waals surface area (Å²) in [5, 5.41) is 11.3. The molecule has 2 N–H and O–H groups in total. The van der Waals surface area contributed by atoms with Gasteiger partial charge in [-0.15, -0.1) is 0 Å². The number of nitrogens with one attached hydrogen (secondary N) is 2. The van der Waals surface area contributed by atoms with Crippen LogP contribution in [0.5, 0.6) is 11.5 Å². The first-order valence-corrected chi connectivity index (χ1v) is 10.7. The standard InChI is InChI=1S/C24H25FN6O3/c1-33-20-8-5-17(11-21(20)34-2)12-22(32)26-9-10-31-24-19(14-30-31)23(28-15-29-24)27-13-16-3-6-18(25)7-4-16/h3-8,11,14-15H,9-10,12-13H2,1-2H3,(H,26,32)(H,27,28,29). The summed E-state index contributed by atoms with van der Waals surface area (Å²) in [6.45, 7) is 1.34. The molecule has 2 aromatic carbocycles. The predicted octanol–water partition coefficient (Wildman–Crippen LogP) is 2.95. The molecule has 0 spiro atoms. The Labute approximate surface area is 195 Å². The molecule has 4 rings (SSSR count). The van der Waals surface area contributed by atoms with Gasteiger partial charge >= 0.3 is 0 Å². The second kappa shape index (κ2) is 10.6. The molecule has 9 nitrogen and oxygen atoms in total. The summed E-state index contributed by atoms with van der Waals surface area (Å²) in [5.74, 6) is 1.45. The predicted molar refractivity (Wildman–Crippen MR) is 125 cm³/mol. The molecule has 0 aliphatic rings. The third-order valence-corrected chi connectivity index (χ3v) is 5.27. The highest BCUT2D eigenvalue weighted by molar-refractivity contribution is 5.86. The number of amides is 1. The van der Waals surface area contributed by atoms with Crippen LogP contribution >= 0.6 is 0 Å². The molecule has 176 valence electrons. The van der Waals surface area contributed by atoms with E-state index in [1.165, 1.54) is 18.5 Å². The van der Waals surface area contributed by atoms with E-state index in [1.54, 1.807) is 49.4 Å². The number of halogens is 1. The van der Waals surface area contributed by atoms with Gasteiger partial charge in [0.25, 0.3) is 0 Å². The van der Waals surface area contributed by atoms with E-state index in [2.05, 4.69) is 25.7 Å². The summed E-state index contributed by atoms with van der Waals surface area (Å²) in [5.41, 5.74) is 2.41. The summed E-state index contributed by atoms with van der Waals surface area (Å²) in [6, 6.07) is 11.7. The highest BCUT2D eigenvalue weighted by Gasteiger charge is 2.11. The van der Waals surface area contributed by atoms with Gasteiger partial charge in [-0.1, -0.05) is 18.2 Å². The van der Waals surface area contributed by atoms with E-state index in [-0.39, 0.29) is 18.1 Å². The van der Waals surface area contributed by atoms with Gasteiger partial charge in [0.05, 0.1) is 38.8 Å². The molecular formula is C24H25FN6O3. The largest absolute Gasteiger partial charge is 0.493 e. The third kappa shape index (κ3) is 5.40. The van der Waals surface area contributed by atoms with E-state index < -0.39 is 0 Å². The van der Waals surface area contributed by atoms with E-state index >= 15 is 0 Å². The Kier molecular flexibility index (Phi) is 7.16. The number of rotatable bonds is 10. The van der Waals surface area contributed by atoms with Crippen LogP contribution in [0.25, 0.3) is 11.0 Å². The number of hydrogen-bond acceptors (Lipinski definition) is 7. The number of ether oxygens (including phenoxy) is 2. The molecule has 0 bridgehead atoms. The highest BCUT2D eigenvalue weighted by atomic mass is 19.1. The van der Waals surface area contributed by atoms with Crippen LogP contribution in [-0.4, -0.2) is 46.4 Å². The molecular weight excluding hydrogens is 439 g/mol. The molecule has 0 unspecified atom stereocenters. The SMILES string of the molecule is COc1ccc(CC(=O)NCCn2ncc3c(NCc4ccc(F)cc4)ncnc32)cc1OC. The Balaban J connectivity index is 1.33.